The normalized spacial score (nSPS) is 13.0. The molecule has 0 nitrogen and oxygen atoms in total. The number of rotatable bonds is 2. The van der Waals surface area contributed by atoms with Crippen molar-refractivity contribution in [3.8, 4) is 0 Å². The predicted octanol–water partition coefficient (Wildman–Crippen LogP) is 3.32. The summed E-state index contributed by atoms with van der Waals surface area (Å²) in [6.07, 6.45) is 0. The summed E-state index contributed by atoms with van der Waals surface area (Å²) >= 11 is 3.38. The van der Waals surface area contributed by atoms with Gasteiger partial charge in [-0.3, -0.25) is 0 Å². The Labute approximate surface area is 74.6 Å². The van der Waals surface area contributed by atoms with E-state index >= 15 is 0 Å². The van der Waals surface area contributed by atoms with Gasteiger partial charge in [0.05, 0.1) is 0 Å². The van der Waals surface area contributed by atoms with Gasteiger partial charge in [0.1, 0.15) is 5.82 Å². The van der Waals surface area contributed by atoms with Gasteiger partial charge < -0.3 is 0 Å². The molecule has 0 aromatic heterocycles. The van der Waals surface area contributed by atoms with Crippen molar-refractivity contribution >= 4 is 15.9 Å². The molecule has 0 amide bonds. The molecule has 0 bridgehead atoms. The highest BCUT2D eigenvalue weighted by molar-refractivity contribution is 9.09. The molecule has 1 atom stereocenters. The third kappa shape index (κ3) is 2.29. The Hall–Kier alpha value is -0.370. The van der Waals surface area contributed by atoms with E-state index in [0.717, 1.165) is 5.33 Å². The third-order valence-electron chi connectivity index (χ3n) is 1.67. The third-order valence-corrected chi connectivity index (χ3v) is 2.64. The van der Waals surface area contributed by atoms with Crippen LogP contribution in [0.3, 0.4) is 0 Å². The van der Waals surface area contributed by atoms with E-state index in [2.05, 4.69) is 22.9 Å². The van der Waals surface area contributed by atoms with Gasteiger partial charge in [0.2, 0.25) is 0 Å². The maximum absolute atomic E-state index is 12.4. The van der Waals surface area contributed by atoms with E-state index in [1.54, 1.807) is 0 Å². The topological polar surface area (TPSA) is 0 Å². The average Bonchev–Trinajstić information content (AvgIpc) is 2.05. The van der Waals surface area contributed by atoms with Crippen molar-refractivity contribution in [1.29, 1.82) is 0 Å². The van der Waals surface area contributed by atoms with Crippen molar-refractivity contribution in [2.24, 2.45) is 0 Å². The average molecular weight is 217 g/mol. The molecule has 0 saturated heterocycles. The monoisotopic (exact) mass is 216 g/mol. The van der Waals surface area contributed by atoms with Gasteiger partial charge >= 0.3 is 0 Å². The Balaban J connectivity index is 2.81. The van der Waals surface area contributed by atoms with E-state index in [0.29, 0.717) is 5.92 Å². The van der Waals surface area contributed by atoms with Gasteiger partial charge in [-0.1, -0.05) is 35.0 Å². The first-order valence-electron chi connectivity index (χ1n) is 3.55. The summed E-state index contributed by atoms with van der Waals surface area (Å²) in [4.78, 5) is 0. The summed E-state index contributed by atoms with van der Waals surface area (Å²) in [5.41, 5.74) is 1.17. The summed E-state index contributed by atoms with van der Waals surface area (Å²) < 4.78 is 12.4. The second kappa shape index (κ2) is 3.86. The van der Waals surface area contributed by atoms with Crippen molar-refractivity contribution in [3.05, 3.63) is 35.6 Å². The quantitative estimate of drug-likeness (QED) is 0.666. The minimum Gasteiger partial charge on any atom is -0.207 e. The fourth-order valence-corrected chi connectivity index (χ4v) is 1.25. The molecule has 60 valence electrons. The molecule has 1 rings (SSSR count). The van der Waals surface area contributed by atoms with Crippen molar-refractivity contribution in [2.75, 3.05) is 5.33 Å². The molecule has 1 unspecified atom stereocenters. The van der Waals surface area contributed by atoms with Crippen molar-refractivity contribution in [1.82, 2.24) is 0 Å². The molecule has 0 radical (unpaired) electrons. The maximum atomic E-state index is 12.4. The lowest BCUT2D eigenvalue weighted by Crippen LogP contribution is -1.93. The van der Waals surface area contributed by atoms with Gasteiger partial charge in [0.15, 0.2) is 0 Å². The standard InChI is InChI=1S/C9H10BrF/c1-7(6-10)8-2-4-9(11)5-3-8/h2-5,7H,6H2,1H3. The van der Waals surface area contributed by atoms with Gasteiger partial charge in [-0.25, -0.2) is 4.39 Å². The predicted molar refractivity (Wildman–Crippen MR) is 48.6 cm³/mol. The Bertz CT molecular complexity index is 218. The van der Waals surface area contributed by atoms with Crippen molar-refractivity contribution < 1.29 is 4.39 Å². The van der Waals surface area contributed by atoms with Crippen molar-refractivity contribution in [2.45, 2.75) is 12.8 Å². The van der Waals surface area contributed by atoms with Gasteiger partial charge in [0.25, 0.3) is 0 Å². The molecule has 0 spiro atoms. The second-order valence-electron chi connectivity index (χ2n) is 2.61. The van der Waals surface area contributed by atoms with Gasteiger partial charge in [-0.05, 0) is 23.6 Å². The second-order valence-corrected chi connectivity index (χ2v) is 3.25. The lowest BCUT2D eigenvalue weighted by atomic mass is 10.0. The summed E-state index contributed by atoms with van der Waals surface area (Å²) in [7, 11) is 0. The number of hydrogen-bond donors (Lipinski definition) is 0. The van der Waals surface area contributed by atoms with E-state index in [1.807, 2.05) is 12.1 Å². The summed E-state index contributed by atoms with van der Waals surface area (Å²) in [6.45, 7) is 2.10. The van der Waals surface area contributed by atoms with Gasteiger partial charge in [-0.2, -0.15) is 0 Å². The minimum atomic E-state index is -0.171. The lowest BCUT2D eigenvalue weighted by Gasteiger charge is -2.06. The van der Waals surface area contributed by atoms with Gasteiger partial charge in [0, 0.05) is 5.33 Å². The Morgan fingerprint density at radius 3 is 2.36 bits per heavy atom. The van der Waals surface area contributed by atoms with Crippen LogP contribution in [0.1, 0.15) is 18.4 Å². The smallest absolute Gasteiger partial charge is 0.123 e. The molecule has 0 heterocycles. The number of alkyl halides is 1. The Morgan fingerprint density at radius 1 is 1.36 bits per heavy atom. The van der Waals surface area contributed by atoms with E-state index < -0.39 is 0 Å². The van der Waals surface area contributed by atoms with Gasteiger partial charge in [-0.15, -0.1) is 0 Å². The summed E-state index contributed by atoms with van der Waals surface area (Å²) in [6, 6.07) is 6.63. The highest BCUT2D eigenvalue weighted by atomic mass is 79.9. The van der Waals surface area contributed by atoms with Crippen molar-refractivity contribution in [3.63, 3.8) is 0 Å². The summed E-state index contributed by atoms with van der Waals surface area (Å²) in [5, 5.41) is 0.915. The van der Waals surface area contributed by atoms with Crippen LogP contribution in [-0.2, 0) is 0 Å². The van der Waals surface area contributed by atoms with E-state index in [-0.39, 0.29) is 5.82 Å². The SMILES string of the molecule is CC(CBr)c1ccc(F)cc1. The van der Waals surface area contributed by atoms with Crippen LogP contribution in [0.25, 0.3) is 0 Å². The molecule has 0 aliphatic heterocycles. The number of hydrogen-bond acceptors (Lipinski definition) is 0. The molecular formula is C9H10BrF. The molecule has 1 aromatic carbocycles. The first kappa shape index (κ1) is 8.72. The minimum absolute atomic E-state index is 0.171. The van der Waals surface area contributed by atoms with E-state index in [1.165, 1.54) is 17.7 Å². The van der Waals surface area contributed by atoms with Crippen LogP contribution in [0.5, 0.6) is 0 Å². The molecule has 2 heteroatoms. The fraction of sp³-hybridized carbons (Fsp3) is 0.333. The van der Waals surface area contributed by atoms with Crippen LogP contribution in [0.2, 0.25) is 0 Å². The zero-order valence-electron chi connectivity index (χ0n) is 6.35. The van der Waals surface area contributed by atoms with Crippen LogP contribution < -0.4 is 0 Å². The molecule has 0 fully saturated rings. The Morgan fingerprint density at radius 2 is 1.91 bits per heavy atom. The number of halogens is 2. The fourth-order valence-electron chi connectivity index (χ4n) is 0.880. The van der Waals surface area contributed by atoms with E-state index in [9.17, 15) is 4.39 Å². The zero-order valence-corrected chi connectivity index (χ0v) is 7.94. The molecule has 0 aliphatic carbocycles. The van der Waals surface area contributed by atoms with Crippen LogP contribution in [-0.4, -0.2) is 5.33 Å². The molecule has 0 N–H and O–H groups in total. The number of benzene rings is 1. The molecule has 0 saturated carbocycles. The first-order valence-corrected chi connectivity index (χ1v) is 4.67. The van der Waals surface area contributed by atoms with Crippen LogP contribution in [0.4, 0.5) is 4.39 Å². The molecule has 1 aromatic rings. The van der Waals surface area contributed by atoms with Crippen LogP contribution >= 0.6 is 15.9 Å². The largest absolute Gasteiger partial charge is 0.207 e. The summed E-state index contributed by atoms with van der Waals surface area (Å²) in [5.74, 6) is 0.283. The zero-order chi connectivity index (χ0) is 8.27. The van der Waals surface area contributed by atoms with Crippen LogP contribution in [0, 0.1) is 5.82 Å². The molecule has 0 aliphatic rings. The maximum Gasteiger partial charge on any atom is 0.123 e. The lowest BCUT2D eigenvalue weighted by molar-refractivity contribution is 0.626. The molecule has 11 heavy (non-hydrogen) atoms. The highest BCUT2D eigenvalue weighted by Crippen LogP contribution is 2.17. The highest BCUT2D eigenvalue weighted by Gasteiger charge is 2.01. The van der Waals surface area contributed by atoms with E-state index in [4.69, 9.17) is 0 Å². The Kier molecular flexibility index (Phi) is 3.06. The van der Waals surface area contributed by atoms with Crippen LogP contribution in [0.15, 0.2) is 24.3 Å². The molecular weight excluding hydrogens is 207 g/mol. The first-order chi connectivity index (χ1) is 5.24.